The lowest BCUT2D eigenvalue weighted by Gasteiger charge is -2.30. The monoisotopic (exact) mass is 283 g/mol. The molecule has 0 aliphatic carbocycles. The predicted octanol–water partition coefficient (Wildman–Crippen LogP) is 2.94. The number of hydrogen-bond acceptors (Lipinski definition) is 2. The molecule has 8 heteroatoms. The summed E-state index contributed by atoms with van der Waals surface area (Å²) in [4.78, 5) is 0.0910. The summed E-state index contributed by atoms with van der Waals surface area (Å²) in [6, 6.07) is 2.49. The molecule has 0 spiro atoms. The van der Waals surface area contributed by atoms with E-state index < -0.39 is 22.1 Å². The highest BCUT2D eigenvalue weighted by Crippen LogP contribution is 2.37. The molecule has 1 aliphatic rings. The fourth-order valence-electron chi connectivity index (χ4n) is 1.58. The van der Waals surface area contributed by atoms with Gasteiger partial charge in [0.2, 0.25) is 0 Å². The summed E-state index contributed by atoms with van der Waals surface area (Å²) in [5, 5.41) is 0. The van der Waals surface area contributed by atoms with Crippen molar-refractivity contribution in [1.82, 2.24) is 9.03 Å². The highest BCUT2D eigenvalue weighted by molar-refractivity contribution is 7.81. The number of rotatable bonds is 1. The van der Waals surface area contributed by atoms with Gasteiger partial charge in [0.1, 0.15) is 4.88 Å². The molecule has 2 N–H and O–H groups in total. The topological polar surface area (TPSA) is 39.1 Å². The van der Waals surface area contributed by atoms with E-state index >= 15 is 0 Å². The molecule has 1 aromatic heterocycles. The Kier molecular flexibility index (Phi) is 3.58. The molecule has 2 heterocycles. The first-order chi connectivity index (χ1) is 7.88. The maximum atomic E-state index is 12.5. The summed E-state index contributed by atoms with van der Waals surface area (Å²) in [5.41, 5.74) is 0. The quantitative estimate of drug-likeness (QED) is 0.832. The molecule has 1 fully saturated rings. The molecule has 0 aromatic carbocycles. The minimum atomic E-state index is -4.27. The van der Waals surface area contributed by atoms with Gasteiger partial charge >= 0.3 is 6.18 Å². The second-order valence-corrected chi connectivity index (χ2v) is 6.34. The predicted molar refractivity (Wildman–Crippen MR) is 62.5 cm³/mol. The van der Waals surface area contributed by atoms with Crippen LogP contribution in [0.3, 0.4) is 0 Å². The lowest BCUT2D eigenvalue weighted by molar-refractivity contribution is -0.134. The molecule has 0 saturated carbocycles. The van der Waals surface area contributed by atoms with Crippen molar-refractivity contribution >= 4 is 22.4 Å². The van der Waals surface area contributed by atoms with Crippen molar-refractivity contribution in [3.05, 3.63) is 21.9 Å². The third-order valence-corrected chi connectivity index (χ3v) is 5.11. The van der Waals surface area contributed by atoms with Gasteiger partial charge in [-0.15, -0.1) is 11.3 Å². The molecule has 0 radical (unpaired) electrons. The molecule has 2 atom stereocenters. The highest BCUT2D eigenvalue weighted by Gasteiger charge is 2.33. The van der Waals surface area contributed by atoms with Crippen LogP contribution < -0.4 is 4.72 Å². The van der Waals surface area contributed by atoms with Crippen LogP contribution in [-0.4, -0.2) is 17.9 Å². The van der Waals surface area contributed by atoms with E-state index in [0.717, 1.165) is 30.4 Å². The molecule has 17 heavy (non-hydrogen) atoms. The average molecular weight is 283 g/mol. The van der Waals surface area contributed by atoms with Gasteiger partial charge in [-0.2, -0.15) is 13.2 Å². The molecule has 1 aromatic rings. The Labute approximate surface area is 104 Å². The summed E-state index contributed by atoms with van der Waals surface area (Å²) in [5.74, 6) is 0. The zero-order chi connectivity index (χ0) is 12.6. The van der Waals surface area contributed by atoms with E-state index in [1.807, 2.05) is 11.4 Å². The maximum Gasteiger partial charge on any atom is 0.425 e. The van der Waals surface area contributed by atoms with E-state index in [4.69, 9.17) is 4.78 Å². The van der Waals surface area contributed by atoms with Crippen LogP contribution in [0.2, 0.25) is 0 Å². The van der Waals surface area contributed by atoms with Gasteiger partial charge < -0.3 is 0 Å². The zero-order valence-electron chi connectivity index (χ0n) is 9.04. The van der Waals surface area contributed by atoms with Crippen molar-refractivity contribution in [3.63, 3.8) is 0 Å². The molecular formula is C9H12F3N3S2. The largest absolute Gasteiger partial charge is 0.425 e. The summed E-state index contributed by atoms with van der Waals surface area (Å²) in [7, 11) is 1.83. The number of nitrogens with one attached hydrogen (secondary N) is 2. The van der Waals surface area contributed by atoms with Crippen molar-refractivity contribution in [2.24, 2.45) is 0 Å². The van der Waals surface area contributed by atoms with Crippen molar-refractivity contribution in [1.29, 1.82) is 4.78 Å². The zero-order valence-corrected chi connectivity index (χ0v) is 10.7. The Morgan fingerprint density at radius 3 is 2.76 bits per heavy atom. The molecule has 1 saturated heterocycles. The van der Waals surface area contributed by atoms with Crippen LogP contribution >= 0.6 is 11.3 Å². The number of thiophene rings is 1. The molecule has 2 rings (SSSR count). The minimum Gasteiger partial charge on any atom is -0.252 e. The van der Waals surface area contributed by atoms with Gasteiger partial charge in [-0.3, -0.25) is 4.78 Å². The fourth-order valence-corrected chi connectivity index (χ4v) is 3.60. The second-order valence-electron chi connectivity index (χ2n) is 3.80. The first-order valence-corrected chi connectivity index (χ1v) is 6.97. The Hall–Kier alpha value is -0.440. The average Bonchev–Trinajstić information content (AvgIpc) is 2.70. The lowest BCUT2D eigenvalue weighted by atomic mass is 10.2. The van der Waals surface area contributed by atoms with Gasteiger partial charge in [-0.25, -0.2) is 9.03 Å². The molecule has 0 amide bonds. The van der Waals surface area contributed by atoms with Crippen molar-refractivity contribution in [2.45, 2.75) is 18.6 Å². The van der Waals surface area contributed by atoms with E-state index in [2.05, 4.69) is 4.72 Å². The van der Waals surface area contributed by atoms with Crippen LogP contribution in [0.25, 0.3) is 0 Å². The summed E-state index contributed by atoms with van der Waals surface area (Å²) < 4.78 is 49.9. The Morgan fingerprint density at radius 2 is 2.24 bits per heavy atom. The maximum absolute atomic E-state index is 12.5. The van der Waals surface area contributed by atoms with E-state index in [9.17, 15) is 13.2 Å². The van der Waals surface area contributed by atoms with Crippen LogP contribution in [0.5, 0.6) is 0 Å². The summed E-state index contributed by atoms with van der Waals surface area (Å²) in [6.45, 7) is 0.726. The fraction of sp³-hybridized carbons (Fsp3) is 0.556. The Morgan fingerprint density at radius 1 is 1.53 bits per heavy atom. The summed E-state index contributed by atoms with van der Waals surface area (Å²) >= 11 is -0.0540. The first-order valence-electron chi connectivity index (χ1n) is 4.98. The lowest BCUT2D eigenvalue weighted by Crippen LogP contribution is -2.40. The van der Waals surface area contributed by atoms with Crippen molar-refractivity contribution in [2.75, 3.05) is 13.6 Å². The van der Waals surface area contributed by atoms with Gasteiger partial charge in [0.15, 0.2) is 0 Å². The van der Waals surface area contributed by atoms with Crippen molar-refractivity contribution < 1.29 is 13.2 Å². The number of hydrogen-bond donors (Lipinski definition) is 2. The van der Waals surface area contributed by atoms with E-state index in [-0.39, 0.29) is 6.04 Å². The molecule has 3 nitrogen and oxygen atoms in total. The number of nitrogens with zero attached hydrogens (tertiary/aromatic N) is 1. The molecule has 1 unspecified atom stereocenters. The van der Waals surface area contributed by atoms with E-state index in [1.165, 1.54) is 6.07 Å². The molecule has 0 bridgehead atoms. The van der Waals surface area contributed by atoms with Crippen LogP contribution in [-0.2, 0) is 17.2 Å². The molecular weight excluding hydrogens is 271 g/mol. The normalized spacial score (nSPS) is 27.3. The van der Waals surface area contributed by atoms with Crippen LogP contribution in [0.4, 0.5) is 13.2 Å². The molecule has 1 aliphatic heterocycles. The summed E-state index contributed by atoms with van der Waals surface area (Å²) in [6.07, 6.45) is -3.53. The highest BCUT2D eigenvalue weighted by atomic mass is 32.2. The van der Waals surface area contributed by atoms with E-state index in [1.54, 1.807) is 0 Å². The van der Waals surface area contributed by atoms with Gasteiger partial charge in [0, 0.05) is 22.5 Å². The van der Waals surface area contributed by atoms with Crippen LogP contribution in [0.15, 0.2) is 12.1 Å². The third kappa shape index (κ3) is 2.87. The minimum absolute atomic E-state index is 0.131. The van der Waals surface area contributed by atoms with Gasteiger partial charge in [-0.1, -0.05) is 0 Å². The number of alkyl halides is 3. The number of halogens is 3. The van der Waals surface area contributed by atoms with Crippen molar-refractivity contribution in [3.8, 4) is 0 Å². The first kappa shape index (κ1) is 13.0. The van der Waals surface area contributed by atoms with Gasteiger partial charge in [0.25, 0.3) is 0 Å². The molecule has 96 valence electrons. The smallest absolute Gasteiger partial charge is 0.252 e. The van der Waals surface area contributed by atoms with Gasteiger partial charge in [-0.05, 0) is 25.6 Å². The second kappa shape index (κ2) is 4.68. The van der Waals surface area contributed by atoms with Crippen LogP contribution in [0, 0.1) is 4.78 Å². The van der Waals surface area contributed by atoms with Crippen LogP contribution in [0.1, 0.15) is 22.2 Å². The van der Waals surface area contributed by atoms with E-state index in [0.29, 0.717) is 4.88 Å². The standard InChI is InChI=1S/C9H12F3N3S2/c1-15-5-4-6(14-17(15)13)7-2-3-8(16-7)9(10,11)12/h2-3,6H,4-5H2,1H3,(H2,13,14)/t6-,17?/m0/s1. The third-order valence-electron chi connectivity index (χ3n) is 2.55. The van der Waals surface area contributed by atoms with Gasteiger partial charge in [0.05, 0.1) is 6.04 Å². The SMILES string of the molecule is CN1CC[C@@H](c2ccc(C(F)(F)F)s2)NS1=N. The Bertz CT molecular complexity index is 429. The Balaban J connectivity index is 2.13.